The van der Waals surface area contributed by atoms with Crippen LogP contribution in [0.2, 0.25) is 0 Å². The molecular weight excluding hydrogens is 240 g/mol. The molecule has 1 N–H and O–H groups in total. The van der Waals surface area contributed by atoms with Crippen molar-refractivity contribution in [2.24, 2.45) is 5.92 Å². The molecule has 0 unspecified atom stereocenters. The minimum absolute atomic E-state index is 0.763. The maximum absolute atomic E-state index is 5.62. The first-order chi connectivity index (χ1) is 9.38. The summed E-state index contributed by atoms with van der Waals surface area (Å²) in [4.78, 5) is 2.53. The van der Waals surface area contributed by atoms with E-state index >= 15 is 0 Å². The molecule has 0 spiro atoms. The normalized spacial score (nSPS) is 21.9. The summed E-state index contributed by atoms with van der Waals surface area (Å²) in [5, 5.41) is 3.72. The van der Waals surface area contributed by atoms with E-state index in [1.54, 1.807) is 7.11 Å². The molecule has 0 amide bonds. The second-order valence-electron chi connectivity index (χ2n) is 5.93. The van der Waals surface area contributed by atoms with Crippen LogP contribution in [0.3, 0.4) is 0 Å². The van der Waals surface area contributed by atoms with Gasteiger partial charge in [-0.15, -0.1) is 0 Å². The summed E-state index contributed by atoms with van der Waals surface area (Å²) in [6, 6.07) is 0.763. The first-order valence-corrected chi connectivity index (χ1v) is 7.91. The average Bonchev–Trinajstić information content (AvgIpc) is 3.26. The Hall–Kier alpha value is -0.160. The van der Waals surface area contributed by atoms with Crippen molar-refractivity contribution in [1.29, 1.82) is 0 Å². The topological polar surface area (TPSA) is 33.7 Å². The summed E-state index contributed by atoms with van der Waals surface area (Å²) in [7, 11) is 1.74. The molecule has 1 aliphatic heterocycles. The molecule has 1 saturated heterocycles. The lowest BCUT2D eigenvalue weighted by Crippen LogP contribution is -2.44. The number of ether oxygens (including phenoxy) is 2. The van der Waals surface area contributed by atoms with E-state index in [1.807, 2.05) is 0 Å². The zero-order valence-corrected chi connectivity index (χ0v) is 12.4. The van der Waals surface area contributed by atoms with Crippen LogP contribution in [0.5, 0.6) is 0 Å². The molecule has 0 radical (unpaired) electrons. The second-order valence-corrected chi connectivity index (χ2v) is 5.93. The minimum atomic E-state index is 0.763. The Labute approximate surface area is 117 Å². The van der Waals surface area contributed by atoms with Gasteiger partial charge in [0.2, 0.25) is 0 Å². The molecule has 4 heteroatoms. The van der Waals surface area contributed by atoms with Crippen LogP contribution in [0.4, 0.5) is 0 Å². The number of nitrogens with zero attached hydrogens (tertiary/aromatic N) is 1. The first kappa shape index (κ1) is 15.2. The smallest absolute Gasteiger partial charge is 0.0593 e. The van der Waals surface area contributed by atoms with Crippen LogP contribution < -0.4 is 5.32 Å². The Bertz CT molecular complexity index is 226. The van der Waals surface area contributed by atoms with Gasteiger partial charge in [0.25, 0.3) is 0 Å². The SMILES string of the molecule is COCCCOCCN1CCC(NCC2CC2)CC1. The third-order valence-corrected chi connectivity index (χ3v) is 4.17. The third kappa shape index (κ3) is 6.70. The lowest BCUT2D eigenvalue weighted by atomic mass is 10.0. The molecule has 1 aliphatic carbocycles. The van der Waals surface area contributed by atoms with Gasteiger partial charge in [-0.1, -0.05) is 0 Å². The molecule has 0 aromatic carbocycles. The monoisotopic (exact) mass is 270 g/mol. The van der Waals surface area contributed by atoms with Crippen molar-refractivity contribution in [2.45, 2.75) is 38.1 Å². The number of methoxy groups -OCH3 is 1. The summed E-state index contributed by atoms with van der Waals surface area (Å²) in [5.41, 5.74) is 0. The van der Waals surface area contributed by atoms with Crippen molar-refractivity contribution < 1.29 is 9.47 Å². The Morgan fingerprint density at radius 3 is 2.53 bits per heavy atom. The van der Waals surface area contributed by atoms with E-state index in [2.05, 4.69) is 10.2 Å². The fourth-order valence-electron chi connectivity index (χ4n) is 2.62. The highest BCUT2D eigenvalue weighted by atomic mass is 16.5. The summed E-state index contributed by atoms with van der Waals surface area (Å²) >= 11 is 0. The molecule has 112 valence electrons. The van der Waals surface area contributed by atoms with Crippen LogP contribution >= 0.6 is 0 Å². The highest BCUT2D eigenvalue weighted by Gasteiger charge is 2.24. The number of nitrogens with one attached hydrogen (secondary N) is 1. The highest BCUT2D eigenvalue weighted by molar-refractivity contribution is 4.81. The Morgan fingerprint density at radius 2 is 1.84 bits per heavy atom. The molecule has 1 saturated carbocycles. The standard InChI is InChI=1S/C15H30N2O2/c1-18-10-2-11-19-12-9-17-7-5-15(6-8-17)16-13-14-3-4-14/h14-16H,2-13H2,1H3. The van der Waals surface area contributed by atoms with Gasteiger partial charge in [-0.25, -0.2) is 0 Å². The number of hydrogen-bond acceptors (Lipinski definition) is 4. The van der Waals surface area contributed by atoms with Crippen molar-refractivity contribution in [3.8, 4) is 0 Å². The van der Waals surface area contributed by atoms with Crippen molar-refractivity contribution in [3.05, 3.63) is 0 Å². The fraction of sp³-hybridized carbons (Fsp3) is 1.00. The van der Waals surface area contributed by atoms with Gasteiger partial charge in [-0.3, -0.25) is 0 Å². The van der Waals surface area contributed by atoms with Gasteiger partial charge >= 0.3 is 0 Å². The van der Waals surface area contributed by atoms with E-state index in [9.17, 15) is 0 Å². The van der Waals surface area contributed by atoms with Gasteiger partial charge in [0, 0.05) is 32.9 Å². The van der Waals surface area contributed by atoms with Gasteiger partial charge in [0.05, 0.1) is 6.61 Å². The number of hydrogen-bond donors (Lipinski definition) is 1. The summed E-state index contributed by atoms with van der Waals surface area (Å²) < 4.78 is 10.6. The van der Waals surface area contributed by atoms with Crippen LogP contribution in [0.25, 0.3) is 0 Å². The van der Waals surface area contributed by atoms with Gasteiger partial charge in [0.15, 0.2) is 0 Å². The Morgan fingerprint density at radius 1 is 1.05 bits per heavy atom. The van der Waals surface area contributed by atoms with Crippen LogP contribution in [0.15, 0.2) is 0 Å². The zero-order chi connectivity index (χ0) is 13.3. The van der Waals surface area contributed by atoms with Crippen LogP contribution in [0, 0.1) is 5.92 Å². The van der Waals surface area contributed by atoms with Crippen molar-refractivity contribution >= 4 is 0 Å². The lowest BCUT2D eigenvalue weighted by Gasteiger charge is -2.32. The first-order valence-electron chi connectivity index (χ1n) is 7.91. The predicted molar refractivity (Wildman–Crippen MR) is 77.5 cm³/mol. The molecular formula is C15H30N2O2. The molecule has 2 rings (SSSR count). The maximum Gasteiger partial charge on any atom is 0.0593 e. The van der Waals surface area contributed by atoms with Crippen LogP contribution in [0.1, 0.15) is 32.1 Å². The highest BCUT2D eigenvalue weighted by Crippen LogP contribution is 2.28. The van der Waals surface area contributed by atoms with Gasteiger partial charge in [0.1, 0.15) is 0 Å². The molecule has 2 fully saturated rings. The molecule has 19 heavy (non-hydrogen) atoms. The van der Waals surface area contributed by atoms with Gasteiger partial charge in [-0.2, -0.15) is 0 Å². The lowest BCUT2D eigenvalue weighted by molar-refractivity contribution is 0.0760. The van der Waals surface area contributed by atoms with E-state index in [-0.39, 0.29) is 0 Å². The predicted octanol–water partition coefficient (Wildman–Crippen LogP) is 1.50. The van der Waals surface area contributed by atoms with Crippen molar-refractivity contribution in [3.63, 3.8) is 0 Å². The van der Waals surface area contributed by atoms with Gasteiger partial charge in [-0.05, 0) is 57.7 Å². The van der Waals surface area contributed by atoms with E-state index in [1.165, 1.54) is 45.3 Å². The van der Waals surface area contributed by atoms with Crippen LogP contribution in [-0.4, -0.2) is 64.1 Å². The van der Waals surface area contributed by atoms with Crippen LogP contribution in [-0.2, 0) is 9.47 Å². The fourth-order valence-corrected chi connectivity index (χ4v) is 2.62. The number of piperidine rings is 1. The minimum Gasteiger partial charge on any atom is -0.385 e. The van der Waals surface area contributed by atoms with Gasteiger partial charge < -0.3 is 19.7 Å². The molecule has 1 heterocycles. The van der Waals surface area contributed by atoms with E-state index in [0.29, 0.717) is 0 Å². The second kappa shape index (κ2) is 8.90. The molecule has 2 aliphatic rings. The average molecular weight is 270 g/mol. The summed E-state index contributed by atoms with van der Waals surface area (Å²) in [6.07, 6.45) is 6.51. The molecule has 0 aromatic rings. The Balaban J connectivity index is 1.42. The van der Waals surface area contributed by atoms with E-state index < -0.39 is 0 Å². The summed E-state index contributed by atoms with van der Waals surface area (Å²) in [5.74, 6) is 0.999. The molecule has 4 nitrogen and oxygen atoms in total. The summed E-state index contributed by atoms with van der Waals surface area (Å²) in [6.45, 7) is 7.29. The van der Waals surface area contributed by atoms with Crippen molar-refractivity contribution in [2.75, 3.05) is 53.1 Å². The largest absolute Gasteiger partial charge is 0.385 e. The van der Waals surface area contributed by atoms with E-state index in [0.717, 1.165) is 44.7 Å². The van der Waals surface area contributed by atoms with E-state index in [4.69, 9.17) is 9.47 Å². The number of rotatable bonds is 10. The van der Waals surface area contributed by atoms with Crippen molar-refractivity contribution in [1.82, 2.24) is 10.2 Å². The quantitative estimate of drug-likeness (QED) is 0.610. The third-order valence-electron chi connectivity index (χ3n) is 4.17. The molecule has 0 bridgehead atoms. The molecule has 0 aromatic heterocycles. The maximum atomic E-state index is 5.62. The zero-order valence-electron chi connectivity index (χ0n) is 12.4. The Kier molecular flexibility index (Phi) is 7.14. The molecule has 0 atom stereocenters. The number of likely N-dealkylation sites (tertiary alicyclic amines) is 1.